The van der Waals surface area contributed by atoms with Crippen LogP contribution < -0.4 is 4.90 Å². The number of nitriles is 1. The van der Waals surface area contributed by atoms with Gasteiger partial charge in [0.15, 0.2) is 0 Å². The Morgan fingerprint density at radius 2 is 1.77 bits per heavy atom. The van der Waals surface area contributed by atoms with Crippen molar-refractivity contribution in [3.63, 3.8) is 0 Å². The van der Waals surface area contributed by atoms with E-state index in [2.05, 4.69) is 21.2 Å². The molecule has 0 radical (unpaired) electrons. The zero-order chi connectivity index (χ0) is 22.0. The maximum atomic E-state index is 13.2. The molecule has 2 heterocycles. The van der Waals surface area contributed by atoms with Crippen molar-refractivity contribution in [2.75, 3.05) is 31.1 Å². The standard InChI is InChI=1S/C22H19ClF3N5/c23-20-6-5-18(11-19(20)22(24,25)26)31-9-7-30(8-10-31)14-17-13-28-29-21(17)16-3-1-15(12-27)2-4-16/h1-6,11,13H,7-10,14H2,(H,28,29). The van der Waals surface area contributed by atoms with Gasteiger partial charge in [-0.25, -0.2) is 0 Å². The summed E-state index contributed by atoms with van der Waals surface area (Å²) < 4.78 is 39.5. The van der Waals surface area contributed by atoms with Crippen LogP contribution in [0.15, 0.2) is 48.7 Å². The number of rotatable bonds is 4. The van der Waals surface area contributed by atoms with Crippen LogP contribution in [0, 0.1) is 11.3 Å². The summed E-state index contributed by atoms with van der Waals surface area (Å²) in [6, 6.07) is 13.4. The van der Waals surface area contributed by atoms with Crippen LogP contribution >= 0.6 is 11.6 Å². The zero-order valence-corrected chi connectivity index (χ0v) is 17.2. The number of aromatic amines is 1. The molecule has 0 saturated carbocycles. The van der Waals surface area contributed by atoms with Crippen molar-refractivity contribution in [2.24, 2.45) is 0 Å². The smallest absolute Gasteiger partial charge is 0.369 e. The number of hydrogen-bond donors (Lipinski definition) is 1. The lowest BCUT2D eigenvalue weighted by atomic mass is 10.1. The highest BCUT2D eigenvalue weighted by molar-refractivity contribution is 6.31. The lowest BCUT2D eigenvalue weighted by Crippen LogP contribution is -2.46. The minimum atomic E-state index is -4.47. The molecule has 4 rings (SSSR count). The maximum Gasteiger partial charge on any atom is 0.417 e. The number of alkyl halides is 3. The van der Waals surface area contributed by atoms with E-state index in [1.807, 2.05) is 23.2 Å². The first-order valence-electron chi connectivity index (χ1n) is 9.72. The normalized spacial score (nSPS) is 15.1. The summed E-state index contributed by atoms with van der Waals surface area (Å²) in [7, 11) is 0. The summed E-state index contributed by atoms with van der Waals surface area (Å²) in [4.78, 5) is 4.19. The van der Waals surface area contributed by atoms with E-state index in [4.69, 9.17) is 16.9 Å². The number of H-pyrrole nitrogens is 1. The Labute approximate surface area is 182 Å². The Morgan fingerprint density at radius 1 is 1.06 bits per heavy atom. The van der Waals surface area contributed by atoms with E-state index < -0.39 is 11.7 Å². The van der Waals surface area contributed by atoms with E-state index >= 15 is 0 Å². The van der Waals surface area contributed by atoms with Crippen LogP contribution in [0.5, 0.6) is 0 Å². The van der Waals surface area contributed by atoms with Gasteiger partial charge in [0.2, 0.25) is 0 Å². The van der Waals surface area contributed by atoms with Gasteiger partial charge in [0.25, 0.3) is 0 Å². The van der Waals surface area contributed by atoms with Gasteiger partial charge in [0.05, 0.1) is 27.9 Å². The summed E-state index contributed by atoms with van der Waals surface area (Å²) in [5.41, 5.74) is 3.10. The maximum absolute atomic E-state index is 13.2. The molecule has 3 aromatic rings. The van der Waals surface area contributed by atoms with Gasteiger partial charge >= 0.3 is 6.18 Å². The Balaban J connectivity index is 1.42. The highest BCUT2D eigenvalue weighted by Gasteiger charge is 2.34. The van der Waals surface area contributed by atoms with Gasteiger partial charge < -0.3 is 4.90 Å². The molecule has 2 aromatic carbocycles. The molecule has 1 aliphatic heterocycles. The van der Waals surface area contributed by atoms with E-state index in [1.165, 1.54) is 6.07 Å². The van der Waals surface area contributed by atoms with Crippen molar-refractivity contribution in [2.45, 2.75) is 12.7 Å². The third kappa shape index (κ3) is 4.68. The molecule has 0 spiro atoms. The fraction of sp³-hybridized carbons (Fsp3) is 0.273. The summed E-state index contributed by atoms with van der Waals surface area (Å²) >= 11 is 5.73. The summed E-state index contributed by atoms with van der Waals surface area (Å²) in [5.74, 6) is 0. The third-order valence-electron chi connectivity index (χ3n) is 5.39. The zero-order valence-electron chi connectivity index (χ0n) is 16.5. The molecule has 5 nitrogen and oxygen atoms in total. The molecular weight excluding hydrogens is 427 g/mol. The van der Waals surface area contributed by atoms with Crippen LogP contribution in [0.2, 0.25) is 5.02 Å². The Hall–Kier alpha value is -3.02. The number of aromatic nitrogens is 2. The SMILES string of the molecule is N#Cc1ccc(-c2n[nH]cc2CN2CCN(c3ccc(Cl)c(C(F)(F)F)c3)CC2)cc1. The molecule has 31 heavy (non-hydrogen) atoms. The number of anilines is 1. The molecule has 0 bridgehead atoms. The van der Waals surface area contributed by atoms with Crippen molar-refractivity contribution in [1.82, 2.24) is 15.1 Å². The predicted molar refractivity (Wildman–Crippen MR) is 113 cm³/mol. The molecule has 0 amide bonds. The first-order chi connectivity index (χ1) is 14.8. The van der Waals surface area contributed by atoms with Gasteiger partial charge in [-0.05, 0) is 30.3 Å². The van der Waals surface area contributed by atoms with Crippen LogP contribution in [0.4, 0.5) is 18.9 Å². The van der Waals surface area contributed by atoms with Crippen LogP contribution in [-0.4, -0.2) is 41.3 Å². The predicted octanol–water partition coefficient (Wildman–Crippen LogP) is 4.94. The van der Waals surface area contributed by atoms with Crippen LogP contribution in [0.25, 0.3) is 11.3 Å². The molecular formula is C22H19ClF3N5. The van der Waals surface area contributed by atoms with Crippen LogP contribution in [0.3, 0.4) is 0 Å². The molecule has 1 aliphatic rings. The van der Waals surface area contributed by atoms with Crippen molar-refractivity contribution in [3.05, 3.63) is 70.4 Å². The number of nitrogens with zero attached hydrogens (tertiary/aromatic N) is 4. The van der Waals surface area contributed by atoms with E-state index in [-0.39, 0.29) is 5.02 Å². The molecule has 160 valence electrons. The fourth-order valence-electron chi connectivity index (χ4n) is 3.72. The van der Waals surface area contributed by atoms with Gasteiger partial charge in [-0.1, -0.05) is 23.7 Å². The van der Waals surface area contributed by atoms with E-state index in [9.17, 15) is 13.2 Å². The number of benzene rings is 2. The van der Waals surface area contributed by atoms with Crippen molar-refractivity contribution in [1.29, 1.82) is 5.26 Å². The number of piperazine rings is 1. The molecule has 0 aliphatic carbocycles. The highest BCUT2D eigenvalue weighted by atomic mass is 35.5. The topological polar surface area (TPSA) is 59.0 Å². The van der Waals surface area contributed by atoms with Gasteiger partial charge in [0, 0.05) is 55.7 Å². The number of halogens is 4. The Bertz CT molecular complexity index is 1090. The van der Waals surface area contributed by atoms with Crippen molar-refractivity contribution in [3.8, 4) is 17.3 Å². The molecule has 1 saturated heterocycles. The second-order valence-electron chi connectivity index (χ2n) is 7.37. The number of hydrogen-bond acceptors (Lipinski definition) is 4. The quantitative estimate of drug-likeness (QED) is 0.617. The second kappa shape index (κ2) is 8.61. The van der Waals surface area contributed by atoms with Gasteiger partial charge in [-0.3, -0.25) is 10.00 Å². The summed E-state index contributed by atoms with van der Waals surface area (Å²) in [5, 5.41) is 15.9. The first-order valence-corrected chi connectivity index (χ1v) is 10.1. The Morgan fingerprint density at radius 3 is 2.42 bits per heavy atom. The second-order valence-corrected chi connectivity index (χ2v) is 7.78. The monoisotopic (exact) mass is 445 g/mol. The van der Waals surface area contributed by atoms with E-state index in [1.54, 1.807) is 18.2 Å². The molecule has 1 fully saturated rings. The summed E-state index contributed by atoms with van der Waals surface area (Å²) in [6.07, 6.45) is -2.62. The number of nitrogens with one attached hydrogen (secondary N) is 1. The summed E-state index contributed by atoms with van der Waals surface area (Å²) in [6.45, 7) is 3.32. The molecule has 0 atom stereocenters. The molecule has 0 unspecified atom stereocenters. The van der Waals surface area contributed by atoms with Crippen LogP contribution in [-0.2, 0) is 12.7 Å². The largest absolute Gasteiger partial charge is 0.417 e. The van der Waals surface area contributed by atoms with E-state index in [0.29, 0.717) is 44.0 Å². The third-order valence-corrected chi connectivity index (χ3v) is 5.72. The van der Waals surface area contributed by atoms with Gasteiger partial charge in [-0.2, -0.15) is 23.5 Å². The fourth-order valence-corrected chi connectivity index (χ4v) is 3.94. The van der Waals surface area contributed by atoms with Gasteiger partial charge in [-0.15, -0.1) is 0 Å². The van der Waals surface area contributed by atoms with Crippen molar-refractivity contribution >= 4 is 17.3 Å². The van der Waals surface area contributed by atoms with Crippen LogP contribution in [0.1, 0.15) is 16.7 Å². The lowest BCUT2D eigenvalue weighted by Gasteiger charge is -2.36. The average Bonchev–Trinajstić information content (AvgIpc) is 3.22. The lowest BCUT2D eigenvalue weighted by molar-refractivity contribution is -0.137. The minimum absolute atomic E-state index is 0.287. The molecule has 1 aromatic heterocycles. The van der Waals surface area contributed by atoms with Gasteiger partial charge in [0.1, 0.15) is 0 Å². The highest BCUT2D eigenvalue weighted by Crippen LogP contribution is 2.37. The Kier molecular flexibility index (Phi) is 5.90. The van der Waals surface area contributed by atoms with E-state index in [0.717, 1.165) is 22.9 Å². The average molecular weight is 446 g/mol. The minimum Gasteiger partial charge on any atom is -0.369 e. The molecule has 9 heteroatoms. The first kappa shape index (κ1) is 21.2. The molecule has 1 N–H and O–H groups in total. The van der Waals surface area contributed by atoms with Crippen molar-refractivity contribution < 1.29 is 13.2 Å².